The van der Waals surface area contributed by atoms with E-state index >= 15 is 0 Å². The van der Waals surface area contributed by atoms with Crippen LogP contribution in [-0.2, 0) is 0 Å². The second-order valence-corrected chi connectivity index (χ2v) is 3.54. The molecule has 0 radical (unpaired) electrons. The molecule has 1 fully saturated rings. The Balaban J connectivity index is 2.13. The maximum absolute atomic E-state index is 4.42. The highest BCUT2D eigenvalue weighted by Crippen LogP contribution is 2.16. The first kappa shape index (κ1) is 9.24. The number of nitrogens with zero attached hydrogens (tertiary/aromatic N) is 3. The zero-order valence-corrected chi connectivity index (χ0v) is 8.53. The molecular weight excluding hydrogens is 176 g/mol. The number of hydrogen-bond donors (Lipinski definition) is 1. The van der Waals surface area contributed by atoms with E-state index in [9.17, 15) is 0 Å². The Kier molecular flexibility index (Phi) is 2.81. The molecule has 0 aromatic carbocycles. The zero-order valence-electron chi connectivity index (χ0n) is 8.53. The summed E-state index contributed by atoms with van der Waals surface area (Å²) in [5.41, 5.74) is 0. The van der Waals surface area contributed by atoms with Crippen LogP contribution in [0, 0.1) is 0 Å². The lowest BCUT2D eigenvalue weighted by Gasteiger charge is -2.26. The van der Waals surface area contributed by atoms with Crippen molar-refractivity contribution in [2.24, 2.45) is 0 Å². The molecule has 1 aromatic heterocycles. The molecule has 0 unspecified atom stereocenters. The van der Waals surface area contributed by atoms with Crippen LogP contribution < -0.4 is 10.2 Å². The van der Waals surface area contributed by atoms with Crippen molar-refractivity contribution in [2.45, 2.75) is 19.3 Å². The van der Waals surface area contributed by atoms with Crippen molar-refractivity contribution in [3.05, 3.63) is 12.3 Å². The SMILES string of the molecule is CNc1ccnc(N2CCCCC2)n1. The molecule has 1 N–H and O–H groups in total. The van der Waals surface area contributed by atoms with Gasteiger partial charge in [-0.15, -0.1) is 0 Å². The van der Waals surface area contributed by atoms with Gasteiger partial charge in [0.1, 0.15) is 5.82 Å². The van der Waals surface area contributed by atoms with Crippen molar-refractivity contribution < 1.29 is 0 Å². The molecule has 0 saturated carbocycles. The number of anilines is 2. The Hall–Kier alpha value is -1.32. The molecule has 4 heteroatoms. The first-order chi connectivity index (χ1) is 6.90. The summed E-state index contributed by atoms with van der Waals surface area (Å²) in [4.78, 5) is 11.0. The summed E-state index contributed by atoms with van der Waals surface area (Å²) in [6, 6.07) is 1.88. The van der Waals surface area contributed by atoms with Gasteiger partial charge in [0.25, 0.3) is 0 Å². The van der Waals surface area contributed by atoms with Crippen LogP contribution in [0.2, 0.25) is 0 Å². The minimum Gasteiger partial charge on any atom is -0.373 e. The lowest BCUT2D eigenvalue weighted by atomic mass is 10.1. The number of piperidine rings is 1. The monoisotopic (exact) mass is 192 g/mol. The fraction of sp³-hybridized carbons (Fsp3) is 0.600. The Morgan fingerprint density at radius 1 is 1.29 bits per heavy atom. The molecule has 4 nitrogen and oxygen atoms in total. The van der Waals surface area contributed by atoms with E-state index in [4.69, 9.17) is 0 Å². The molecule has 1 aromatic rings. The van der Waals surface area contributed by atoms with Gasteiger partial charge < -0.3 is 10.2 Å². The largest absolute Gasteiger partial charge is 0.373 e. The molecule has 2 rings (SSSR count). The third-order valence-electron chi connectivity index (χ3n) is 2.54. The molecule has 0 aliphatic carbocycles. The fourth-order valence-electron chi connectivity index (χ4n) is 1.73. The third-order valence-corrected chi connectivity index (χ3v) is 2.54. The topological polar surface area (TPSA) is 41.1 Å². The minimum absolute atomic E-state index is 0.858. The highest BCUT2D eigenvalue weighted by molar-refractivity contribution is 5.40. The van der Waals surface area contributed by atoms with E-state index in [0.29, 0.717) is 0 Å². The van der Waals surface area contributed by atoms with Gasteiger partial charge in [0, 0.05) is 26.3 Å². The van der Waals surface area contributed by atoms with Gasteiger partial charge >= 0.3 is 0 Å². The Morgan fingerprint density at radius 2 is 2.07 bits per heavy atom. The zero-order chi connectivity index (χ0) is 9.80. The van der Waals surface area contributed by atoms with Crippen LogP contribution in [0.3, 0.4) is 0 Å². The Labute approximate surface area is 84.4 Å². The van der Waals surface area contributed by atoms with Crippen LogP contribution in [0.15, 0.2) is 12.3 Å². The lowest BCUT2D eigenvalue weighted by molar-refractivity contribution is 0.568. The van der Waals surface area contributed by atoms with E-state index in [1.54, 1.807) is 0 Å². The summed E-state index contributed by atoms with van der Waals surface area (Å²) in [5.74, 6) is 1.75. The molecule has 0 atom stereocenters. The van der Waals surface area contributed by atoms with Crippen LogP contribution in [0.5, 0.6) is 0 Å². The summed E-state index contributed by atoms with van der Waals surface area (Å²) < 4.78 is 0. The quantitative estimate of drug-likeness (QED) is 0.771. The average Bonchev–Trinajstić information content (AvgIpc) is 2.30. The van der Waals surface area contributed by atoms with Gasteiger partial charge in [-0.3, -0.25) is 0 Å². The molecule has 1 aliphatic heterocycles. The van der Waals surface area contributed by atoms with Crippen molar-refractivity contribution in [3.8, 4) is 0 Å². The standard InChI is InChI=1S/C10H16N4/c1-11-9-5-6-12-10(13-9)14-7-3-2-4-8-14/h5-6H,2-4,7-8H2,1H3,(H,11,12,13). The second kappa shape index (κ2) is 4.26. The predicted octanol–water partition coefficient (Wildman–Crippen LogP) is 1.51. The summed E-state index contributed by atoms with van der Waals surface area (Å²) in [5, 5.41) is 3.03. The lowest BCUT2D eigenvalue weighted by Crippen LogP contribution is -2.31. The van der Waals surface area contributed by atoms with E-state index < -0.39 is 0 Å². The van der Waals surface area contributed by atoms with Crippen LogP contribution in [0.1, 0.15) is 19.3 Å². The van der Waals surface area contributed by atoms with Gasteiger partial charge in [-0.25, -0.2) is 4.98 Å². The maximum Gasteiger partial charge on any atom is 0.227 e. The van der Waals surface area contributed by atoms with E-state index in [1.165, 1.54) is 19.3 Å². The fourth-order valence-corrected chi connectivity index (χ4v) is 1.73. The van der Waals surface area contributed by atoms with E-state index in [2.05, 4.69) is 20.2 Å². The number of nitrogens with one attached hydrogen (secondary N) is 1. The molecule has 1 aliphatic rings. The van der Waals surface area contributed by atoms with Crippen molar-refractivity contribution in [2.75, 3.05) is 30.4 Å². The van der Waals surface area contributed by atoms with E-state index in [0.717, 1.165) is 24.9 Å². The van der Waals surface area contributed by atoms with Gasteiger partial charge in [-0.05, 0) is 25.3 Å². The maximum atomic E-state index is 4.42. The molecule has 0 spiro atoms. The van der Waals surface area contributed by atoms with Crippen LogP contribution in [0.25, 0.3) is 0 Å². The van der Waals surface area contributed by atoms with Gasteiger partial charge in [-0.1, -0.05) is 0 Å². The van der Waals surface area contributed by atoms with Gasteiger partial charge in [0.05, 0.1) is 0 Å². The van der Waals surface area contributed by atoms with Crippen molar-refractivity contribution in [3.63, 3.8) is 0 Å². The Bertz CT molecular complexity index is 294. The van der Waals surface area contributed by atoms with Gasteiger partial charge in [0.2, 0.25) is 5.95 Å². The summed E-state index contributed by atoms with van der Waals surface area (Å²) in [6.07, 6.45) is 5.66. The molecule has 0 bridgehead atoms. The molecular formula is C10H16N4. The second-order valence-electron chi connectivity index (χ2n) is 3.54. The first-order valence-electron chi connectivity index (χ1n) is 5.16. The molecule has 14 heavy (non-hydrogen) atoms. The summed E-state index contributed by atoms with van der Waals surface area (Å²) in [7, 11) is 1.88. The van der Waals surface area contributed by atoms with Crippen LogP contribution in [-0.4, -0.2) is 30.1 Å². The molecule has 0 amide bonds. The normalized spacial score (nSPS) is 16.8. The van der Waals surface area contributed by atoms with Crippen molar-refractivity contribution >= 4 is 11.8 Å². The highest BCUT2D eigenvalue weighted by atomic mass is 15.3. The number of rotatable bonds is 2. The number of hydrogen-bond acceptors (Lipinski definition) is 4. The predicted molar refractivity (Wildman–Crippen MR) is 57.6 cm³/mol. The molecule has 76 valence electrons. The Morgan fingerprint density at radius 3 is 2.79 bits per heavy atom. The van der Waals surface area contributed by atoms with Crippen molar-refractivity contribution in [1.82, 2.24) is 9.97 Å². The van der Waals surface area contributed by atoms with E-state index in [-0.39, 0.29) is 0 Å². The van der Waals surface area contributed by atoms with Gasteiger partial charge in [0.15, 0.2) is 0 Å². The summed E-state index contributed by atoms with van der Waals surface area (Å²) in [6.45, 7) is 2.18. The van der Waals surface area contributed by atoms with Crippen LogP contribution in [0.4, 0.5) is 11.8 Å². The van der Waals surface area contributed by atoms with E-state index in [1.807, 2.05) is 19.3 Å². The van der Waals surface area contributed by atoms with Crippen molar-refractivity contribution in [1.29, 1.82) is 0 Å². The summed E-state index contributed by atoms with van der Waals surface area (Å²) >= 11 is 0. The minimum atomic E-state index is 0.858. The third kappa shape index (κ3) is 1.95. The molecule has 2 heterocycles. The highest BCUT2D eigenvalue weighted by Gasteiger charge is 2.12. The first-order valence-corrected chi connectivity index (χ1v) is 5.16. The molecule has 1 saturated heterocycles. The van der Waals surface area contributed by atoms with Gasteiger partial charge in [-0.2, -0.15) is 4.98 Å². The smallest absolute Gasteiger partial charge is 0.227 e. The average molecular weight is 192 g/mol. The van der Waals surface area contributed by atoms with Crippen LogP contribution >= 0.6 is 0 Å². The number of aromatic nitrogens is 2.